The number of amides is 2. The Bertz CT molecular complexity index is 1210. The molecule has 0 saturated heterocycles. The van der Waals surface area contributed by atoms with Crippen molar-refractivity contribution in [2.45, 2.75) is 20.0 Å². The van der Waals surface area contributed by atoms with Crippen molar-refractivity contribution < 1.29 is 14.5 Å². The van der Waals surface area contributed by atoms with Gasteiger partial charge in [-0.25, -0.2) is 0 Å². The van der Waals surface area contributed by atoms with Crippen molar-refractivity contribution in [3.05, 3.63) is 117 Å². The van der Waals surface area contributed by atoms with Crippen molar-refractivity contribution in [2.75, 3.05) is 6.54 Å². The first-order chi connectivity index (χ1) is 16.0. The second-order valence-corrected chi connectivity index (χ2v) is 7.71. The van der Waals surface area contributed by atoms with E-state index in [1.54, 1.807) is 0 Å². The molecule has 0 spiro atoms. The standard InChI is InChI=1S/C26H23N3O4/c1-2-27(17-19-9-5-3-6-10-19)24-23(21-13-15-22(16-14-21)29(32)33)25(30)28(26(24)31)18-20-11-7-4-8-12-20/h3-16H,2,17-18H2,1H3. The molecule has 2 amide bonds. The number of likely N-dealkylation sites (N-methyl/N-ethyl adjacent to an activating group) is 1. The van der Waals surface area contributed by atoms with Crippen molar-refractivity contribution in [1.82, 2.24) is 9.80 Å². The van der Waals surface area contributed by atoms with Gasteiger partial charge in [0.25, 0.3) is 17.5 Å². The molecule has 4 rings (SSSR count). The van der Waals surface area contributed by atoms with Crippen LogP contribution in [0.3, 0.4) is 0 Å². The predicted octanol–water partition coefficient (Wildman–Crippen LogP) is 4.40. The Hall–Kier alpha value is -4.26. The molecule has 0 bridgehead atoms. The summed E-state index contributed by atoms with van der Waals surface area (Å²) in [6.45, 7) is 3.06. The van der Waals surface area contributed by atoms with Crippen LogP contribution in [0, 0.1) is 10.1 Å². The largest absolute Gasteiger partial charge is 0.362 e. The summed E-state index contributed by atoms with van der Waals surface area (Å²) < 4.78 is 0. The average Bonchev–Trinajstić information content (AvgIpc) is 3.08. The number of non-ortho nitro benzene ring substituents is 1. The summed E-state index contributed by atoms with van der Waals surface area (Å²) in [5.41, 5.74) is 2.84. The third kappa shape index (κ3) is 4.52. The second kappa shape index (κ2) is 9.48. The van der Waals surface area contributed by atoms with Crippen LogP contribution >= 0.6 is 0 Å². The first-order valence-corrected chi connectivity index (χ1v) is 10.7. The van der Waals surface area contributed by atoms with Crippen LogP contribution in [0.15, 0.2) is 90.6 Å². The Balaban J connectivity index is 1.77. The summed E-state index contributed by atoms with van der Waals surface area (Å²) in [7, 11) is 0. The van der Waals surface area contributed by atoms with Crippen LogP contribution in [0.1, 0.15) is 23.6 Å². The third-order valence-corrected chi connectivity index (χ3v) is 5.61. The lowest BCUT2D eigenvalue weighted by Crippen LogP contribution is -2.34. The van der Waals surface area contributed by atoms with Gasteiger partial charge in [-0.2, -0.15) is 0 Å². The van der Waals surface area contributed by atoms with E-state index in [9.17, 15) is 19.7 Å². The number of nitro benzene ring substituents is 1. The third-order valence-electron chi connectivity index (χ3n) is 5.61. The minimum atomic E-state index is -0.490. The Morgan fingerprint density at radius 2 is 1.39 bits per heavy atom. The van der Waals surface area contributed by atoms with Crippen LogP contribution in [0.4, 0.5) is 5.69 Å². The van der Waals surface area contributed by atoms with E-state index >= 15 is 0 Å². The maximum atomic E-state index is 13.6. The molecule has 7 nitrogen and oxygen atoms in total. The molecule has 0 N–H and O–H groups in total. The number of nitro groups is 1. The number of hydrogen-bond acceptors (Lipinski definition) is 5. The van der Waals surface area contributed by atoms with Crippen molar-refractivity contribution >= 4 is 23.1 Å². The van der Waals surface area contributed by atoms with E-state index in [1.807, 2.05) is 72.5 Å². The molecule has 7 heteroatoms. The number of carbonyl (C=O) groups excluding carboxylic acids is 2. The molecule has 0 aromatic heterocycles. The van der Waals surface area contributed by atoms with E-state index in [4.69, 9.17) is 0 Å². The minimum absolute atomic E-state index is 0.0737. The fourth-order valence-electron chi connectivity index (χ4n) is 3.93. The van der Waals surface area contributed by atoms with E-state index in [1.165, 1.54) is 29.2 Å². The van der Waals surface area contributed by atoms with Gasteiger partial charge in [0, 0.05) is 25.2 Å². The Morgan fingerprint density at radius 3 is 1.94 bits per heavy atom. The van der Waals surface area contributed by atoms with Crippen molar-refractivity contribution in [1.29, 1.82) is 0 Å². The lowest BCUT2D eigenvalue weighted by Gasteiger charge is -2.25. The zero-order valence-electron chi connectivity index (χ0n) is 18.2. The molecular weight excluding hydrogens is 418 g/mol. The fourth-order valence-corrected chi connectivity index (χ4v) is 3.93. The summed E-state index contributed by atoms with van der Waals surface area (Å²) in [5, 5.41) is 11.1. The number of benzene rings is 3. The molecule has 0 aliphatic carbocycles. The number of imide groups is 1. The van der Waals surface area contributed by atoms with Crippen LogP contribution in [-0.4, -0.2) is 33.1 Å². The van der Waals surface area contributed by atoms with E-state index < -0.39 is 10.8 Å². The van der Waals surface area contributed by atoms with Crippen LogP contribution in [0.2, 0.25) is 0 Å². The Morgan fingerprint density at radius 1 is 0.818 bits per heavy atom. The van der Waals surface area contributed by atoms with Crippen LogP contribution in [0.5, 0.6) is 0 Å². The zero-order chi connectivity index (χ0) is 23.4. The second-order valence-electron chi connectivity index (χ2n) is 7.71. The van der Waals surface area contributed by atoms with Gasteiger partial charge in [0.05, 0.1) is 17.0 Å². The smallest absolute Gasteiger partial charge is 0.278 e. The zero-order valence-corrected chi connectivity index (χ0v) is 18.2. The van der Waals surface area contributed by atoms with Gasteiger partial charge >= 0.3 is 0 Å². The van der Waals surface area contributed by atoms with Gasteiger partial charge in [-0.05, 0) is 35.7 Å². The predicted molar refractivity (Wildman–Crippen MR) is 125 cm³/mol. The Labute approximate surface area is 191 Å². The van der Waals surface area contributed by atoms with E-state index in [-0.39, 0.29) is 23.7 Å². The molecular formula is C26H23N3O4. The highest BCUT2D eigenvalue weighted by Gasteiger charge is 2.41. The topological polar surface area (TPSA) is 83.8 Å². The van der Waals surface area contributed by atoms with Gasteiger partial charge in [0.1, 0.15) is 5.70 Å². The molecule has 1 aliphatic heterocycles. The van der Waals surface area contributed by atoms with Crippen LogP contribution in [-0.2, 0) is 22.7 Å². The lowest BCUT2D eigenvalue weighted by molar-refractivity contribution is -0.384. The summed E-state index contributed by atoms with van der Waals surface area (Å²) in [5.74, 6) is -0.769. The SMILES string of the molecule is CCN(Cc1ccccc1)C1=C(c2ccc([N+](=O)[O-])cc2)C(=O)N(Cc2ccccc2)C1=O. The van der Waals surface area contributed by atoms with E-state index in [0.717, 1.165) is 11.1 Å². The maximum absolute atomic E-state index is 13.6. The van der Waals surface area contributed by atoms with Crippen LogP contribution < -0.4 is 0 Å². The van der Waals surface area contributed by atoms with Crippen LogP contribution in [0.25, 0.3) is 5.57 Å². The van der Waals surface area contributed by atoms with Crippen molar-refractivity contribution in [2.24, 2.45) is 0 Å². The summed E-state index contributed by atoms with van der Waals surface area (Å²) in [6, 6.07) is 24.8. The molecule has 33 heavy (non-hydrogen) atoms. The Kier molecular flexibility index (Phi) is 6.31. The van der Waals surface area contributed by atoms with E-state index in [2.05, 4.69) is 0 Å². The number of carbonyl (C=O) groups is 2. The highest BCUT2D eigenvalue weighted by atomic mass is 16.6. The summed E-state index contributed by atoms with van der Waals surface area (Å²) in [6.07, 6.45) is 0. The molecule has 1 aliphatic rings. The molecule has 3 aromatic rings. The number of nitrogens with zero attached hydrogens (tertiary/aromatic N) is 3. The van der Waals surface area contributed by atoms with Gasteiger partial charge in [-0.15, -0.1) is 0 Å². The lowest BCUT2D eigenvalue weighted by atomic mass is 10.0. The fraction of sp³-hybridized carbons (Fsp3) is 0.154. The molecule has 3 aromatic carbocycles. The summed E-state index contributed by atoms with van der Waals surface area (Å²) in [4.78, 5) is 40.8. The molecule has 0 radical (unpaired) electrons. The summed E-state index contributed by atoms with van der Waals surface area (Å²) >= 11 is 0. The molecule has 0 saturated carbocycles. The molecule has 0 unspecified atom stereocenters. The van der Waals surface area contributed by atoms with Gasteiger partial charge < -0.3 is 4.90 Å². The average molecular weight is 441 g/mol. The van der Waals surface area contributed by atoms with Gasteiger partial charge in [0.15, 0.2) is 0 Å². The first-order valence-electron chi connectivity index (χ1n) is 10.7. The number of hydrogen-bond donors (Lipinski definition) is 0. The van der Waals surface area contributed by atoms with Crippen molar-refractivity contribution in [3.63, 3.8) is 0 Å². The minimum Gasteiger partial charge on any atom is -0.362 e. The first kappa shape index (κ1) is 22.0. The highest BCUT2D eigenvalue weighted by Crippen LogP contribution is 2.34. The number of rotatable bonds is 8. The molecule has 1 heterocycles. The van der Waals surface area contributed by atoms with Crippen molar-refractivity contribution in [3.8, 4) is 0 Å². The van der Waals surface area contributed by atoms with Gasteiger partial charge in [0.2, 0.25) is 0 Å². The van der Waals surface area contributed by atoms with E-state index in [0.29, 0.717) is 24.4 Å². The highest BCUT2D eigenvalue weighted by molar-refractivity contribution is 6.35. The normalized spacial score (nSPS) is 13.5. The quantitative estimate of drug-likeness (QED) is 0.294. The van der Waals surface area contributed by atoms with Gasteiger partial charge in [-0.3, -0.25) is 24.6 Å². The maximum Gasteiger partial charge on any atom is 0.278 e. The molecule has 166 valence electrons. The molecule has 0 fully saturated rings. The molecule has 0 atom stereocenters. The van der Waals surface area contributed by atoms with Gasteiger partial charge in [-0.1, -0.05) is 60.7 Å². The monoisotopic (exact) mass is 441 g/mol.